The predicted molar refractivity (Wildman–Crippen MR) is 132 cm³/mol. The molecule has 0 fully saturated rings. The standard InChI is InChI=1S/C25H31N2O7P/c1-17-14-26(25(31)27(21(17)28)22(29)18-10-6-5-7-11-18)15-19-12-8-9-13-20(19)16-34-24(23(30)33-2)35(3,4)32/h5-11,14,19-20,24H,12-13,15-16H2,1-4H3/t19-,20+,24?/m1/s1. The summed E-state index contributed by atoms with van der Waals surface area (Å²) in [5, 5.41) is 0. The van der Waals surface area contributed by atoms with E-state index in [1.807, 2.05) is 12.2 Å². The molecule has 9 nitrogen and oxygen atoms in total. The van der Waals surface area contributed by atoms with Crippen LogP contribution >= 0.6 is 7.14 Å². The number of hydrogen-bond donors (Lipinski definition) is 0. The number of aryl methyl sites for hydroxylation is 1. The molecule has 35 heavy (non-hydrogen) atoms. The molecule has 3 atom stereocenters. The average molecular weight is 503 g/mol. The van der Waals surface area contributed by atoms with Crippen molar-refractivity contribution in [3.8, 4) is 0 Å². The van der Waals surface area contributed by atoms with Crippen molar-refractivity contribution in [1.29, 1.82) is 0 Å². The Labute approximate surface area is 203 Å². The van der Waals surface area contributed by atoms with Crippen molar-refractivity contribution in [3.05, 3.63) is 80.6 Å². The quantitative estimate of drug-likeness (QED) is 0.310. The van der Waals surface area contributed by atoms with Crippen molar-refractivity contribution in [2.75, 3.05) is 27.0 Å². The van der Waals surface area contributed by atoms with E-state index in [4.69, 9.17) is 9.47 Å². The molecule has 0 N–H and O–H groups in total. The molecule has 1 aliphatic carbocycles. The van der Waals surface area contributed by atoms with Crippen molar-refractivity contribution in [2.24, 2.45) is 11.8 Å². The second-order valence-corrected chi connectivity index (χ2v) is 12.5. The Hall–Kier alpha value is -3.03. The van der Waals surface area contributed by atoms with Crippen molar-refractivity contribution < 1.29 is 23.6 Å². The Bertz CT molecular complexity index is 1270. The molecule has 0 amide bonds. The lowest BCUT2D eigenvalue weighted by atomic mass is 9.83. The van der Waals surface area contributed by atoms with Gasteiger partial charge in [0.2, 0.25) is 5.85 Å². The molecule has 1 aromatic carbocycles. The number of aromatic nitrogens is 2. The van der Waals surface area contributed by atoms with Crippen LogP contribution in [0.2, 0.25) is 0 Å². The molecule has 1 aliphatic rings. The highest BCUT2D eigenvalue weighted by Crippen LogP contribution is 2.44. The highest BCUT2D eigenvalue weighted by Gasteiger charge is 2.34. The summed E-state index contributed by atoms with van der Waals surface area (Å²) in [4.78, 5) is 51.0. The van der Waals surface area contributed by atoms with Crippen LogP contribution in [-0.4, -0.2) is 53.9 Å². The molecule has 0 spiro atoms. The van der Waals surface area contributed by atoms with Gasteiger partial charge in [0, 0.05) is 23.9 Å². The lowest BCUT2D eigenvalue weighted by Gasteiger charge is -2.30. The summed E-state index contributed by atoms with van der Waals surface area (Å²) in [6, 6.07) is 8.18. The van der Waals surface area contributed by atoms with Crippen molar-refractivity contribution in [2.45, 2.75) is 32.2 Å². The number of methoxy groups -OCH3 is 1. The average Bonchev–Trinajstić information content (AvgIpc) is 2.83. The molecule has 0 saturated carbocycles. The topological polar surface area (TPSA) is 114 Å². The molecule has 0 radical (unpaired) electrons. The van der Waals surface area contributed by atoms with Crippen LogP contribution in [0.3, 0.4) is 0 Å². The first-order chi connectivity index (χ1) is 16.5. The first-order valence-corrected chi connectivity index (χ1v) is 14.0. The van der Waals surface area contributed by atoms with Gasteiger partial charge in [-0.15, -0.1) is 0 Å². The summed E-state index contributed by atoms with van der Waals surface area (Å²) in [5.41, 5.74) is -0.835. The van der Waals surface area contributed by atoms with Crippen molar-refractivity contribution in [3.63, 3.8) is 0 Å². The van der Waals surface area contributed by atoms with Gasteiger partial charge >= 0.3 is 11.7 Å². The Kier molecular flexibility index (Phi) is 8.46. The second kappa shape index (κ2) is 11.1. The van der Waals surface area contributed by atoms with Crippen LogP contribution in [0.5, 0.6) is 0 Å². The maximum absolute atomic E-state index is 13.2. The molecule has 3 rings (SSSR count). The van der Waals surface area contributed by atoms with E-state index in [0.29, 0.717) is 17.4 Å². The van der Waals surface area contributed by atoms with E-state index < -0.39 is 36.1 Å². The van der Waals surface area contributed by atoms with Crippen LogP contribution < -0.4 is 11.2 Å². The summed E-state index contributed by atoms with van der Waals surface area (Å²) in [5.74, 6) is -2.66. The normalized spacial score (nSPS) is 18.7. The number of carbonyl (C=O) groups excluding carboxylic acids is 2. The number of allylic oxidation sites excluding steroid dienone is 2. The van der Waals surface area contributed by atoms with E-state index in [2.05, 4.69) is 0 Å². The molecule has 0 aliphatic heterocycles. The third-order valence-corrected chi connectivity index (χ3v) is 7.62. The first-order valence-electron chi connectivity index (χ1n) is 11.4. The van der Waals surface area contributed by atoms with Crippen LogP contribution in [0.4, 0.5) is 0 Å². The summed E-state index contributed by atoms with van der Waals surface area (Å²) in [6.45, 7) is 4.91. The lowest BCUT2D eigenvalue weighted by molar-refractivity contribution is -0.149. The fraction of sp³-hybridized carbons (Fsp3) is 0.440. The summed E-state index contributed by atoms with van der Waals surface area (Å²) >= 11 is 0. The van der Waals surface area contributed by atoms with Gasteiger partial charge in [0.15, 0.2) is 0 Å². The minimum atomic E-state index is -2.91. The van der Waals surface area contributed by atoms with Gasteiger partial charge in [0.05, 0.1) is 13.7 Å². The Morgan fingerprint density at radius 3 is 2.31 bits per heavy atom. The van der Waals surface area contributed by atoms with E-state index >= 15 is 0 Å². The van der Waals surface area contributed by atoms with Gasteiger partial charge in [0.1, 0.15) is 7.14 Å². The molecule has 10 heteroatoms. The summed E-state index contributed by atoms with van der Waals surface area (Å²) < 4.78 is 25.1. The third kappa shape index (κ3) is 6.16. The zero-order chi connectivity index (χ0) is 25.8. The van der Waals surface area contributed by atoms with Gasteiger partial charge in [-0.2, -0.15) is 4.57 Å². The fourth-order valence-corrected chi connectivity index (χ4v) is 5.24. The largest absolute Gasteiger partial charge is 0.467 e. The molecule has 1 unspecified atom stereocenters. The highest BCUT2D eigenvalue weighted by molar-refractivity contribution is 7.63. The molecule has 0 bridgehead atoms. The van der Waals surface area contributed by atoms with E-state index in [9.17, 15) is 23.7 Å². The maximum Gasteiger partial charge on any atom is 0.342 e. The minimum Gasteiger partial charge on any atom is -0.467 e. The van der Waals surface area contributed by atoms with Crippen LogP contribution in [0.15, 0.2) is 58.3 Å². The van der Waals surface area contributed by atoms with Gasteiger partial charge in [-0.05, 0) is 57.1 Å². The minimum absolute atomic E-state index is 0.0683. The van der Waals surface area contributed by atoms with Gasteiger partial charge in [-0.3, -0.25) is 14.2 Å². The van der Waals surface area contributed by atoms with Crippen LogP contribution in [0, 0.1) is 18.8 Å². The van der Waals surface area contributed by atoms with Crippen molar-refractivity contribution in [1.82, 2.24) is 9.13 Å². The monoisotopic (exact) mass is 502 g/mol. The van der Waals surface area contributed by atoms with E-state index in [1.54, 1.807) is 37.3 Å². The predicted octanol–water partition coefficient (Wildman–Crippen LogP) is 2.73. The number of rotatable bonds is 8. The molecule has 188 valence electrons. The van der Waals surface area contributed by atoms with E-state index in [-0.39, 0.29) is 36.1 Å². The van der Waals surface area contributed by atoms with Crippen LogP contribution in [0.25, 0.3) is 0 Å². The lowest BCUT2D eigenvalue weighted by Crippen LogP contribution is -2.45. The van der Waals surface area contributed by atoms with Gasteiger partial charge in [-0.25, -0.2) is 9.59 Å². The summed E-state index contributed by atoms with van der Waals surface area (Å²) in [7, 11) is -1.69. The number of ether oxygens (including phenoxy) is 2. The number of carbonyl (C=O) groups is 2. The van der Waals surface area contributed by atoms with E-state index in [1.165, 1.54) is 31.2 Å². The molecule has 1 heterocycles. The van der Waals surface area contributed by atoms with Gasteiger partial charge in [-0.1, -0.05) is 30.4 Å². The smallest absolute Gasteiger partial charge is 0.342 e. The molecule has 2 aromatic rings. The Morgan fingerprint density at radius 1 is 1.09 bits per heavy atom. The SMILES string of the molecule is COC(=O)C(OC[C@@H]1CC=CC[C@@H]1Cn1cc(C)c(=O)n(C(=O)c2ccccc2)c1=O)P(C)(C)=O. The number of hydrogen-bond acceptors (Lipinski definition) is 7. The first kappa shape index (κ1) is 26.6. The zero-order valence-corrected chi connectivity index (χ0v) is 21.3. The van der Waals surface area contributed by atoms with Crippen LogP contribution in [-0.2, 0) is 25.4 Å². The Balaban J connectivity index is 1.87. The third-order valence-electron chi connectivity index (χ3n) is 6.13. The Morgan fingerprint density at radius 2 is 1.71 bits per heavy atom. The maximum atomic E-state index is 13.2. The fourth-order valence-electron chi connectivity index (χ4n) is 4.18. The summed E-state index contributed by atoms with van der Waals surface area (Å²) in [6.07, 6.45) is 6.77. The van der Waals surface area contributed by atoms with Gasteiger partial charge < -0.3 is 14.0 Å². The zero-order valence-electron chi connectivity index (χ0n) is 20.4. The van der Waals surface area contributed by atoms with Crippen molar-refractivity contribution >= 4 is 19.0 Å². The number of esters is 1. The molecule has 1 aromatic heterocycles. The van der Waals surface area contributed by atoms with Crippen LogP contribution in [0.1, 0.15) is 28.8 Å². The molecule has 0 saturated heterocycles. The molecular weight excluding hydrogens is 471 g/mol. The molecular formula is C25H31N2O7P. The number of benzene rings is 1. The van der Waals surface area contributed by atoms with Gasteiger partial charge in [0.25, 0.3) is 11.5 Å². The highest BCUT2D eigenvalue weighted by atomic mass is 31.2. The van der Waals surface area contributed by atoms with E-state index in [0.717, 1.165) is 0 Å². The second-order valence-electron chi connectivity index (χ2n) is 9.16. The number of nitrogens with zero attached hydrogens (tertiary/aromatic N) is 2.